The minimum atomic E-state index is 0.530. The van der Waals surface area contributed by atoms with Crippen molar-refractivity contribution in [2.75, 3.05) is 17.2 Å². The van der Waals surface area contributed by atoms with E-state index in [0.29, 0.717) is 11.7 Å². The molecule has 4 heteroatoms. The molecule has 1 fully saturated rings. The van der Waals surface area contributed by atoms with E-state index < -0.39 is 0 Å². The van der Waals surface area contributed by atoms with Gasteiger partial charge in [0, 0.05) is 12.6 Å². The lowest BCUT2D eigenvalue weighted by atomic mass is 10.1. The standard InChI is InChI=1S/C10H16N4/c1-7-3-8(2)14(5-7)10-9(11)4-12-6-13-10/h4,6-8H,3,5,11H2,1-2H3. The molecule has 2 heterocycles. The molecule has 76 valence electrons. The summed E-state index contributed by atoms with van der Waals surface area (Å²) in [6.45, 7) is 5.52. The molecule has 2 atom stereocenters. The van der Waals surface area contributed by atoms with Crippen LogP contribution in [-0.2, 0) is 0 Å². The zero-order valence-corrected chi connectivity index (χ0v) is 8.64. The summed E-state index contributed by atoms with van der Waals surface area (Å²) in [5, 5.41) is 0. The summed E-state index contributed by atoms with van der Waals surface area (Å²) in [6, 6.07) is 0.530. The summed E-state index contributed by atoms with van der Waals surface area (Å²) in [7, 11) is 0. The van der Waals surface area contributed by atoms with Gasteiger partial charge in [0.2, 0.25) is 0 Å². The summed E-state index contributed by atoms with van der Waals surface area (Å²) in [5.74, 6) is 1.61. The van der Waals surface area contributed by atoms with E-state index in [0.717, 1.165) is 18.3 Å². The fourth-order valence-corrected chi connectivity index (χ4v) is 2.17. The highest BCUT2D eigenvalue weighted by Gasteiger charge is 2.28. The van der Waals surface area contributed by atoms with E-state index in [1.54, 1.807) is 12.5 Å². The van der Waals surface area contributed by atoms with Gasteiger partial charge < -0.3 is 10.6 Å². The van der Waals surface area contributed by atoms with Gasteiger partial charge in [-0.05, 0) is 19.3 Å². The molecule has 2 rings (SSSR count). The Bertz CT molecular complexity index is 326. The smallest absolute Gasteiger partial charge is 0.155 e. The second-order valence-corrected chi connectivity index (χ2v) is 4.14. The highest BCUT2D eigenvalue weighted by molar-refractivity contribution is 5.61. The summed E-state index contributed by atoms with van der Waals surface area (Å²) in [5.41, 5.74) is 6.52. The fraction of sp³-hybridized carbons (Fsp3) is 0.600. The second kappa shape index (κ2) is 3.44. The van der Waals surface area contributed by atoms with Crippen molar-refractivity contribution >= 4 is 11.5 Å². The zero-order chi connectivity index (χ0) is 10.1. The quantitative estimate of drug-likeness (QED) is 0.728. The molecule has 4 nitrogen and oxygen atoms in total. The lowest BCUT2D eigenvalue weighted by molar-refractivity contribution is 0.625. The van der Waals surface area contributed by atoms with Gasteiger partial charge in [0.05, 0.1) is 11.9 Å². The predicted octanol–water partition coefficient (Wildman–Crippen LogP) is 1.29. The molecule has 14 heavy (non-hydrogen) atoms. The van der Waals surface area contributed by atoms with Crippen LogP contribution in [0.3, 0.4) is 0 Å². The van der Waals surface area contributed by atoms with Crippen LogP contribution in [0.4, 0.5) is 11.5 Å². The molecular weight excluding hydrogens is 176 g/mol. The highest BCUT2D eigenvalue weighted by atomic mass is 15.2. The Hall–Kier alpha value is -1.32. The maximum atomic E-state index is 5.84. The Morgan fingerprint density at radius 2 is 2.29 bits per heavy atom. The van der Waals surface area contributed by atoms with Crippen LogP contribution in [0.15, 0.2) is 12.5 Å². The molecule has 1 saturated heterocycles. The van der Waals surface area contributed by atoms with E-state index >= 15 is 0 Å². The SMILES string of the molecule is CC1CC(C)N(c2ncncc2N)C1. The van der Waals surface area contributed by atoms with Gasteiger partial charge in [0.1, 0.15) is 6.33 Å². The minimum absolute atomic E-state index is 0.530. The van der Waals surface area contributed by atoms with Gasteiger partial charge in [-0.1, -0.05) is 6.92 Å². The molecule has 0 aliphatic carbocycles. The normalized spacial score (nSPS) is 26.9. The molecule has 0 saturated carbocycles. The molecular formula is C10H16N4. The van der Waals surface area contributed by atoms with E-state index in [-0.39, 0.29) is 0 Å². The Morgan fingerprint density at radius 3 is 2.86 bits per heavy atom. The molecule has 0 radical (unpaired) electrons. The van der Waals surface area contributed by atoms with Crippen molar-refractivity contribution in [3.63, 3.8) is 0 Å². The van der Waals surface area contributed by atoms with Gasteiger partial charge >= 0.3 is 0 Å². The largest absolute Gasteiger partial charge is 0.394 e. The zero-order valence-electron chi connectivity index (χ0n) is 8.64. The number of anilines is 2. The Labute approximate surface area is 84.2 Å². The molecule has 0 amide bonds. The average Bonchev–Trinajstić information content (AvgIpc) is 2.46. The van der Waals surface area contributed by atoms with Gasteiger partial charge in [0.25, 0.3) is 0 Å². The summed E-state index contributed by atoms with van der Waals surface area (Å²) < 4.78 is 0. The first-order valence-corrected chi connectivity index (χ1v) is 5.00. The van der Waals surface area contributed by atoms with E-state index in [4.69, 9.17) is 5.73 Å². The lowest BCUT2D eigenvalue weighted by Gasteiger charge is -2.23. The molecule has 2 N–H and O–H groups in total. The summed E-state index contributed by atoms with van der Waals surface area (Å²) >= 11 is 0. The Balaban J connectivity index is 2.27. The number of nitrogens with two attached hydrogens (primary N) is 1. The van der Waals surface area contributed by atoms with Crippen LogP contribution < -0.4 is 10.6 Å². The maximum absolute atomic E-state index is 5.84. The molecule has 2 unspecified atom stereocenters. The minimum Gasteiger partial charge on any atom is -0.394 e. The van der Waals surface area contributed by atoms with E-state index in [1.807, 2.05) is 0 Å². The van der Waals surface area contributed by atoms with Crippen LogP contribution in [0.25, 0.3) is 0 Å². The second-order valence-electron chi connectivity index (χ2n) is 4.14. The molecule has 1 aromatic rings. The van der Waals surface area contributed by atoms with Crippen LogP contribution >= 0.6 is 0 Å². The number of aromatic nitrogens is 2. The van der Waals surface area contributed by atoms with Crippen molar-refractivity contribution in [3.05, 3.63) is 12.5 Å². The third kappa shape index (κ3) is 1.52. The topological polar surface area (TPSA) is 55.0 Å². The van der Waals surface area contributed by atoms with Gasteiger partial charge in [-0.3, -0.25) is 0 Å². The monoisotopic (exact) mass is 192 g/mol. The first-order valence-electron chi connectivity index (χ1n) is 5.00. The van der Waals surface area contributed by atoms with Crippen LogP contribution in [0, 0.1) is 5.92 Å². The van der Waals surface area contributed by atoms with Crippen LogP contribution in [-0.4, -0.2) is 22.6 Å². The first-order chi connectivity index (χ1) is 6.68. The molecule has 1 aliphatic heterocycles. The lowest BCUT2D eigenvalue weighted by Crippen LogP contribution is -2.28. The van der Waals surface area contributed by atoms with Crippen LogP contribution in [0.1, 0.15) is 20.3 Å². The molecule has 0 spiro atoms. The maximum Gasteiger partial charge on any atom is 0.155 e. The fourth-order valence-electron chi connectivity index (χ4n) is 2.17. The van der Waals surface area contributed by atoms with Crippen molar-refractivity contribution in [2.45, 2.75) is 26.3 Å². The summed E-state index contributed by atoms with van der Waals surface area (Å²) in [4.78, 5) is 10.4. The number of rotatable bonds is 1. The van der Waals surface area contributed by atoms with Crippen molar-refractivity contribution in [3.8, 4) is 0 Å². The summed E-state index contributed by atoms with van der Waals surface area (Å²) in [6.07, 6.45) is 4.43. The average molecular weight is 192 g/mol. The van der Waals surface area contributed by atoms with E-state index in [9.17, 15) is 0 Å². The Morgan fingerprint density at radius 1 is 1.50 bits per heavy atom. The van der Waals surface area contributed by atoms with Crippen molar-refractivity contribution in [2.24, 2.45) is 5.92 Å². The van der Waals surface area contributed by atoms with Gasteiger partial charge in [-0.25, -0.2) is 9.97 Å². The van der Waals surface area contributed by atoms with Gasteiger partial charge in [-0.15, -0.1) is 0 Å². The van der Waals surface area contributed by atoms with Crippen molar-refractivity contribution in [1.29, 1.82) is 0 Å². The highest BCUT2D eigenvalue weighted by Crippen LogP contribution is 2.29. The molecule has 0 bridgehead atoms. The van der Waals surface area contributed by atoms with Gasteiger partial charge in [-0.2, -0.15) is 0 Å². The predicted molar refractivity (Wildman–Crippen MR) is 57.0 cm³/mol. The number of nitrogen functional groups attached to an aromatic ring is 1. The first kappa shape index (κ1) is 9.24. The number of nitrogens with zero attached hydrogens (tertiary/aromatic N) is 3. The third-order valence-corrected chi connectivity index (χ3v) is 2.77. The van der Waals surface area contributed by atoms with E-state index in [2.05, 4.69) is 28.7 Å². The van der Waals surface area contributed by atoms with Gasteiger partial charge in [0.15, 0.2) is 5.82 Å². The van der Waals surface area contributed by atoms with E-state index in [1.165, 1.54) is 6.42 Å². The Kier molecular flexibility index (Phi) is 2.27. The number of hydrogen-bond acceptors (Lipinski definition) is 4. The molecule has 1 aromatic heterocycles. The molecule has 0 aromatic carbocycles. The third-order valence-electron chi connectivity index (χ3n) is 2.77. The van der Waals surface area contributed by atoms with Crippen molar-refractivity contribution < 1.29 is 0 Å². The molecule has 1 aliphatic rings. The van der Waals surface area contributed by atoms with Crippen molar-refractivity contribution in [1.82, 2.24) is 9.97 Å². The van der Waals surface area contributed by atoms with Crippen LogP contribution in [0.2, 0.25) is 0 Å². The number of hydrogen-bond donors (Lipinski definition) is 1. The van der Waals surface area contributed by atoms with Crippen LogP contribution in [0.5, 0.6) is 0 Å².